The zero-order valence-corrected chi connectivity index (χ0v) is 9.81. The molecule has 0 heterocycles. The number of alkyl halides is 4. The standard InChI is InChI=1S/C12H12ClF3O/c13-8-4-3-7-11(17)9-5-1-2-6-10(9)12(14,15)16/h1-2,5-6H,3-4,7-8H2. The van der Waals surface area contributed by atoms with Gasteiger partial charge in [0.15, 0.2) is 5.78 Å². The number of unbranched alkanes of at least 4 members (excludes halogenated alkanes) is 1. The molecule has 0 aliphatic heterocycles. The van der Waals surface area contributed by atoms with Crippen molar-refractivity contribution in [2.75, 3.05) is 5.88 Å². The first-order valence-electron chi connectivity index (χ1n) is 5.22. The van der Waals surface area contributed by atoms with E-state index in [4.69, 9.17) is 11.6 Å². The molecule has 0 fully saturated rings. The molecule has 0 aromatic heterocycles. The van der Waals surface area contributed by atoms with E-state index in [-0.39, 0.29) is 12.0 Å². The van der Waals surface area contributed by atoms with E-state index >= 15 is 0 Å². The summed E-state index contributed by atoms with van der Waals surface area (Å²) in [4.78, 5) is 11.6. The van der Waals surface area contributed by atoms with Gasteiger partial charge in [-0.05, 0) is 18.9 Å². The molecule has 0 aliphatic carbocycles. The van der Waals surface area contributed by atoms with Crippen molar-refractivity contribution in [2.24, 2.45) is 0 Å². The average Bonchev–Trinajstić information content (AvgIpc) is 2.28. The van der Waals surface area contributed by atoms with Crippen LogP contribution in [0.4, 0.5) is 13.2 Å². The Balaban J connectivity index is 2.86. The van der Waals surface area contributed by atoms with Crippen LogP contribution in [0.5, 0.6) is 0 Å². The molecule has 94 valence electrons. The molecular weight excluding hydrogens is 253 g/mol. The number of hydrogen-bond acceptors (Lipinski definition) is 1. The molecule has 0 bridgehead atoms. The Morgan fingerprint density at radius 3 is 2.41 bits per heavy atom. The number of benzene rings is 1. The Kier molecular flexibility index (Phi) is 5.00. The highest BCUT2D eigenvalue weighted by atomic mass is 35.5. The van der Waals surface area contributed by atoms with Crippen molar-refractivity contribution in [3.05, 3.63) is 35.4 Å². The third-order valence-corrected chi connectivity index (χ3v) is 2.59. The maximum atomic E-state index is 12.6. The van der Waals surface area contributed by atoms with Gasteiger partial charge in [-0.3, -0.25) is 4.79 Å². The minimum absolute atomic E-state index is 0.0970. The number of halogens is 4. The summed E-state index contributed by atoms with van der Waals surface area (Å²) >= 11 is 5.44. The largest absolute Gasteiger partial charge is 0.417 e. The Hall–Kier alpha value is -1.03. The van der Waals surface area contributed by atoms with Crippen LogP contribution < -0.4 is 0 Å². The normalized spacial score (nSPS) is 11.5. The molecule has 1 aromatic rings. The molecule has 1 rings (SSSR count). The van der Waals surface area contributed by atoms with Gasteiger partial charge < -0.3 is 0 Å². The summed E-state index contributed by atoms with van der Waals surface area (Å²) in [6.45, 7) is 0. The summed E-state index contributed by atoms with van der Waals surface area (Å²) in [5.41, 5.74) is -1.12. The SMILES string of the molecule is O=C(CCCCCl)c1ccccc1C(F)(F)F. The van der Waals surface area contributed by atoms with Crippen LogP contribution in [0.25, 0.3) is 0 Å². The summed E-state index contributed by atoms with van der Waals surface area (Å²) in [5, 5.41) is 0. The van der Waals surface area contributed by atoms with Crippen LogP contribution in [-0.4, -0.2) is 11.7 Å². The predicted octanol–water partition coefficient (Wildman–Crippen LogP) is 4.30. The second-order valence-corrected chi connectivity index (χ2v) is 3.99. The summed E-state index contributed by atoms with van der Waals surface area (Å²) in [7, 11) is 0. The minimum Gasteiger partial charge on any atom is -0.294 e. The fourth-order valence-corrected chi connectivity index (χ4v) is 1.68. The fourth-order valence-electron chi connectivity index (χ4n) is 1.49. The van der Waals surface area contributed by atoms with Crippen molar-refractivity contribution in [1.82, 2.24) is 0 Å². The lowest BCUT2D eigenvalue weighted by Gasteiger charge is -2.11. The van der Waals surface area contributed by atoms with Crippen molar-refractivity contribution in [3.8, 4) is 0 Å². The second kappa shape index (κ2) is 6.05. The smallest absolute Gasteiger partial charge is 0.294 e. The first-order chi connectivity index (χ1) is 7.96. The van der Waals surface area contributed by atoms with E-state index in [2.05, 4.69) is 0 Å². The number of carbonyl (C=O) groups is 1. The van der Waals surface area contributed by atoms with E-state index < -0.39 is 17.5 Å². The maximum Gasteiger partial charge on any atom is 0.417 e. The van der Waals surface area contributed by atoms with E-state index in [9.17, 15) is 18.0 Å². The molecule has 1 nitrogen and oxygen atoms in total. The zero-order chi connectivity index (χ0) is 12.9. The zero-order valence-electron chi connectivity index (χ0n) is 9.06. The molecule has 5 heteroatoms. The number of hydrogen-bond donors (Lipinski definition) is 0. The molecule has 0 unspecified atom stereocenters. The number of ketones is 1. The van der Waals surface area contributed by atoms with Crippen molar-refractivity contribution in [1.29, 1.82) is 0 Å². The van der Waals surface area contributed by atoms with Crippen molar-refractivity contribution < 1.29 is 18.0 Å². The van der Waals surface area contributed by atoms with Gasteiger partial charge in [-0.25, -0.2) is 0 Å². The van der Waals surface area contributed by atoms with E-state index in [1.807, 2.05) is 0 Å². The van der Waals surface area contributed by atoms with Crippen LogP contribution in [0.1, 0.15) is 35.2 Å². The molecule has 0 N–H and O–H groups in total. The van der Waals surface area contributed by atoms with Crippen LogP contribution in [0.2, 0.25) is 0 Å². The first kappa shape index (κ1) is 14.0. The lowest BCUT2D eigenvalue weighted by molar-refractivity contribution is -0.137. The maximum absolute atomic E-state index is 12.6. The topological polar surface area (TPSA) is 17.1 Å². The number of carbonyl (C=O) groups excluding carboxylic acids is 1. The van der Waals surface area contributed by atoms with Crippen molar-refractivity contribution in [3.63, 3.8) is 0 Å². The van der Waals surface area contributed by atoms with Crippen molar-refractivity contribution >= 4 is 17.4 Å². The third-order valence-electron chi connectivity index (χ3n) is 2.32. The second-order valence-electron chi connectivity index (χ2n) is 3.61. The van der Waals surface area contributed by atoms with Crippen LogP contribution in [0, 0.1) is 0 Å². The molecule has 0 spiro atoms. The van der Waals surface area contributed by atoms with E-state index in [1.165, 1.54) is 18.2 Å². The molecule has 0 amide bonds. The lowest BCUT2D eigenvalue weighted by atomic mass is 10.00. The molecule has 0 atom stereocenters. The summed E-state index contributed by atoms with van der Waals surface area (Å²) in [6.07, 6.45) is -3.26. The highest BCUT2D eigenvalue weighted by molar-refractivity contribution is 6.17. The molecule has 1 aromatic carbocycles. The lowest BCUT2D eigenvalue weighted by Crippen LogP contribution is -2.12. The van der Waals surface area contributed by atoms with Gasteiger partial charge in [-0.1, -0.05) is 18.2 Å². The Labute approximate surface area is 103 Å². The van der Waals surface area contributed by atoms with Gasteiger partial charge in [-0.2, -0.15) is 13.2 Å². The molecule has 17 heavy (non-hydrogen) atoms. The molecule has 0 radical (unpaired) electrons. The molecular formula is C12H12ClF3O. The van der Waals surface area contributed by atoms with Gasteiger partial charge in [0, 0.05) is 17.9 Å². The molecule has 0 saturated heterocycles. The van der Waals surface area contributed by atoms with Gasteiger partial charge in [0.2, 0.25) is 0 Å². The Morgan fingerprint density at radius 2 is 1.82 bits per heavy atom. The summed E-state index contributed by atoms with van der Waals surface area (Å²) < 4.78 is 37.9. The summed E-state index contributed by atoms with van der Waals surface area (Å²) in [6, 6.07) is 4.85. The minimum atomic E-state index is -4.49. The van der Waals surface area contributed by atoms with E-state index in [0.29, 0.717) is 18.7 Å². The molecule has 0 aliphatic rings. The average molecular weight is 265 g/mol. The number of rotatable bonds is 5. The quantitative estimate of drug-likeness (QED) is 0.440. The summed E-state index contributed by atoms with van der Waals surface area (Å²) in [5.74, 6) is -0.0724. The van der Waals surface area contributed by atoms with Crippen LogP contribution in [0.3, 0.4) is 0 Å². The van der Waals surface area contributed by atoms with Crippen LogP contribution >= 0.6 is 11.6 Å². The Morgan fingerprint density at radius 1 is 1.18 bits per heavy atom. The third kappa shape index (κ3) is 4.04. The van der Waals surface area contributed by atoms with E-state index in [0.717, 1.165) is 6.07 Å². The van der Waals surface area contributed by atoms with Crippen LogP contribution in [0.15, 0.2) is 24.3 Å². The van der Waals surface area contributed by atoms with E-state index in [1.54, 1.807) is 0 Å². The van der Waals surface area contributed by atoms with Crippen LogP contribution in [-0.2, 0) is 6.18 Å². The van der Waals surface area contributed by atoms with Gasteiger partial charge in [0.1, 0.15) is 0 Å². The van der Waals surface area contributed by atoms with Gasteiger partial charge in [0.25, 0.3) is 0 Å². The van der Waals surface area contributed by atoms with Crippen molar-refractivity contribution in [2.45, 2.75) is 25.4 Å². The monoisotopic (exact) mass is 264 g/mol. The molecule has 0 saturated carbocycles. The van der Waals surface area contributed by atoms with Gasteiger partial charge in [-0.15, -0.1) is 11.6 Å². The number of Topliss-reactive ketones (excluding diaryl/α,β-unsaturated/α-hetero) is 1. The van der Waals surface area contributed by atoms with Gasteiger partial charge in [0.05, 0.1) is 5.56 Å². The fraction of sp³-hybridized carbons (Fsp3) is 0.417. The highest BCUT2D eigenvalue weighted by Gasteiger charge is 2.34. The predicted molar refractivity (Wildman–Crippen MR) is 60.3 cm³/mol. The Bertz CT molecular complexity index is 388. The highest BCUT2D eigenvalue weighted by Crippen LogP contribution is 2.32. The van der Waals surface area contributed by atoms with Gasteiger partial charge >= 0.3 is 6.18 Å². The first-order valence-corrected chi connectivity index (χ1v) is 5.75.